The molecule has 156 valence electrons. The molecule has 3 rings (SSSR count). The van der Waals surface area contributed by atoms with Crippen LogP contribution in [-0.2, 0) is 5.41 Å². The summed E-state index contributed by atoms with van der Waals surface area (Å²) in [6.45, 7) is 15.3. The molecule has 0 aromatic heterocycles. The van der Waals surface area contributed by atoms with Gasteiger partial charge in [0.2, 0.25) is 0 Å². The molecule has 0 unspecified atom stereocenters. The van der Waals surface area contributed by atoms with Gasteiger partial charge in [0.05, 0.1) is 0 Å². The molecule has 30 heavy (non-hydrogen) atoms. The van der Waals surface area contributed by atoms with Gasteiger partial charge in [-0.15, -0.1) is 0 Å². The summed E-state index contributed by atoms with van der Waals surface area (Å²) in [6.07, 6.45) is 4.19. The molecule has 0 saturated heterocycles. The highest BCUT2D eigenvalue weighted by Gasteiger charge is 2.22. The maximum absolute atomic E-state index is 3.95. The molecule has 0 spiro atoms. The van der Waals surface area contributed by atoms with Gasteiger partial charge in [-0.25, -0.2) is 0 Å². The Hall–Kier alpha value is -2.80. The van der Waals surface area contributed by atoms with Crippen LogP contribution in [0, 0.1) is 0 Å². The lowest BCUT2D eigenvalue weighted by Crippen LogP contribution is -2.19. The second-order valence-electron chi connectivity index (χ2n) is 8.70. The van der Waals surface area contributed by atoms with E-state index < -0.39 is 0 Å². The zero-order chi connectivity index (χ0) is 21.7. The highest BCUT2D eigenvalue weighted by molar-refractivity contribution is 5.78. The molecule has 0 aliphatic carbocycles. The van der Waals surface area contributed by atoms with Crippen molar-refractivity contribution in [1.29, 1.82) is 0 Å². The first-order valence-corrected chi connectivity index (χ1v) is 11.1. The van der Waals surface area contributed by atoms with E-state index in [2.05, 4.69) is 119 Å². The van der Waals surface area contributed by atoms with Gasteiger partial charge >= 0.3 is 0 Å². The monoisotopic (exact) mass is 397 g/mol. The number of rotatable bonds is 8. The van der Waals surface area contributed by atoms with Gasteiger partial charge < -0.3 is 4.90 Å². The number of hydrogen-bond donors (Lipinski definition) is 0. The predicted octanol–water partition coefficient (Wildman–Crippen LogP) is 9.00. The third-order valence-electron chi connectivity index (χ3n) is 6.57. The zero-order valence-corrected chi connectivity index (χ0v) is 19.2. The Balaban J connectivity index is 2.08. The first kappa shape index (κ1) is 21.9. The standard InChI is InChI=1S/C29H35N/c1-7-23-11-10-12-28(21-23)30(26-17-13-24(14-18-26)22(4)5)27-19-15-25(16-20-27)29(6,8-2)9-3/h7,10-22H,1,8-9H2,2-6H3. The van der Waals surface area contributed by atoms with Gasteiger partial charge in [0, 0.05) is 17.1 Å². The Morgan fingerprint density at radius 1 is 0.833 bits per heavy atom. The van der Waals surface area contributed by atoms with Crippen molar-refractivity contribution in [3.8, 4) is 0 Å². The van der Waals surface area contributed by atoms with Gasteiger partial charge in [-0.2, -0.15) is 0 Å². The molecular weight excluding hydrogens is 362 g/mol. The van der Waals surface area contributed by atoms with Crippen LogP contribution in [0.3, 0.4) is 0 Å². The predicted molar refractivity (Wildman–Crippen MR) is 133 cm³/mol. The minimum Gasteiger partial charge on any atom is -0.310 e. The first-order valence-electron chi connectivity index (χ1n) is 11.1. The zero-order valence-electron chi connectivity index (χ0n) is 19.2. The van der Waals surface area contributed by atoms with Crippen LogP contribution in [0.4, 0.5) is 17.1 Å². The molecule has 0 aliphatic heterocycles. The molecule has 1 heteroatoms. The van der Waals surface area contributed by atoms with Crippen LogP contribution in [0.1, 0.15) is 70.1 Å². The molecule has 0 amide bonds. The van der Waals surface area contributed by atoms with Gasteiger partial charge in [0.25, 0.3) is 0 Å². The van der Waals surface area contributed by atoms with E-state index in [9.17, 15) is 0 Å². The van der Waals surface area contributed by atoms with E-state index in [0.29, 0.717) is 5.92 Å². The van der Waals surface area contributed by atoms with Crippen molar-refractivity contribution < 1.29 is 0 Å². The topological polar surface area (TPSA) is 3.24 Å². The van der Waals surface area contributed by atoms with E-state index in [1.54, 1.807) is 0 Å². The molecule has 3 aromatic carbocycles. The lowest BCUT2D eigenvalue weighted by atomic mass is 9.78. The molecule has 0 fully saturated rings. The third kappa shape index (κ3) is 4.51. The van der Waals surface area contributed by atoms with E-state index in [-0.39, 0.29) is 5.41 Å². The summed E-state index contributed by atoms with van der Waals surface area (Å²) in [5, 5.41) is 0. The minimum absolute atomic E-state index is 0.227. The summed E-state index contributed by atoms with van der Waals surface area (Å²) in [4.78, 5) is 2.33. The molecule has 0 radical (unpaired) electrons. The molecule has 1 nitrogen and oxygen atoms in total. The highest BCUT2D eigenvalue weighted by atomic mass is 15.1. The van der Waals surface area contributed by atoms with Crippen molar-refractivity contribution in [1.82, 2.24) is 0 Å². The largest absolute Gasteiger partial charge is 0.310 e. The average molecular weight is 398 g/mol. The van der Waals surface area contributed by atoms with Crippen molar-refractivity contribution in [3.05, 3.63) is 96.1 Å². The average Bonchev–Trinajstić information content (AvgIpc) is 2.79. The van der Waals surface area contributed by atoms with Crippen LogP contribution in [0.25, 0.3) is 6.08 Å². The SMILES string of the molecule is C=Cc1cccc(N(c2ccc(C(C)C)cc2)c2ccc(C(C)(CC)CC)cc2)c1. The second kappa shape index (κ2) is 9.34. The van der Waals surface area contributed by atoms with Crippen molar-refractivity contribution in [2.45, 2.75) is 58.8 Å². The Morgan fingerprint density at radius 3 is 1.90 bits per heavy atom. The lowest BCUT2D eigenvalue weighted by Gasteiger charge is -2.30. The lowest BCUT2D eigenvalue weighted by molar-refractivity contribution is 0.439. The van der Waals surface area contributed by atoms with E-state index in [1.165, 1.54) is 22.5 Å². The van der Waals surface area contributed by atoms with Gasteiger partial charge in [-0.3, -0.25) is 0 Å². The quantitative estimate of drug-likeness (QED) is 0.366. The van der Waals surface area contributed by atoms with Crippen molar-refractivity contribution in [2.24, 2.45) is 0 Å². The highest BCUT2D eigenvalue weighted by Crippen LogP contribution is 2.38. The maximum Gasteiger partial charge on any atom is 0.0467 e. The Morgan fingerprint density at radius 2 is 1.40 bits per heavy atom. The van der Waals surface area contributed by atoms with Gasteiger partial charge in [-0.05, 0) is 77.3 Å². The van der Waals surface area contributed by atoms with Crippen LogP contribution in [0.15, 0.2) is 79.4 Å². The molecule has 0 aliphatic rings. The number of hydrogen-bond acceptors (Lipinski definition) is 1. The van der Waals surface area contributed by atoms with E-state index in [0.717, 1.165) is 24.1 Å². The number of anilines is 3. The maximum atomic E-state index is 3.95. The van der Waals surface area contributed by atoms with Crippen LogP contribution < -0.4 is 4.90 Å². The molecule has 0 saturated carbocycles. The van der Waals surface area contributed by atoms with Crippen LogP contribution in [0.5, 0.6) is 0 Å². The van der Waals surface area contributed by atoms with Crippen molar-refractivity contribution >= 4 is 23.1 Å². The van der Waals surface area contributed by atoms with E-state index >= 15 is 0 Å². The summed E-state index contributed by atoms with van der Waals surface area (Å²) in [6, 6.07) is 26.6. The van der Waals surface area contributed by atoms with E-state index in [4.69, 9.17) is 0 Å². The van der Waals surface area contributed by atoms with Crippen molar-refractivity contribution in [2.75, 3.05) is 4.90 Å². The van der Waals surface area contributed by atoms with E-state index in [1.807, 2.05) is 6.08 Å². The van der Waals surface area contributed by atoms with Gasteiger partial charge in [0.15, 0.2) is 0 Å². The summed E-state index contributed by atoms with van der Waals surface area (Å²) >= 11 is 0. The smallest absolute Gasteiger partial charge is 0.0467 e. The molecular formula is C29H35N. The number of nitrogens with zero attached hydrogens (tertiary/aromatic N) is 1. The fourth-order valence-electron chi connectivity index (χ4n) is 3.92. The van der Waals surface area contributed by atoms with Gasteiger partial charge in [-0.1, -0.05) is 83.7 Å². The molecule has 0 atom stereocenters. The second-order valence-corrected chi connectivity index (χ2v) is 8.70. The molecule has 0 heterocycles. The van der Waals surface area contributed by atoms with Crippen molar-refractivity contribution in [3.63, 3.8) is 0 Å². The van der Waals surface area contributed by atoms with Crippen LogP contribution in [-0.4, -0.2) is 0 Å². The minimum atomic E-state index is 0.227. The summed E-state index contributed by atoms with van der Waals surface area (Å²) in [5.74, 6) is 0.525. The Kier molecular flexibility index (Phi) is 6.82. The van der Waals surface area contributed by atoms with Crippen LogP contribution in [0.2, 0.25) is 0 Å². The fourth-order valence-corrected chi connectivity index (χ4v) is 3.92. The molecule has 3 aromatic rings. The summed E-state index contributed by atoms with van der Waals surface area (Å²) in [7, 11) is 0. The third-order valence-corrected chi connectivity index (χ3v) is 6.57. The number of benzene rings is 3. The summed E-state index contributed by atoms with van der Waals surface area (Å²) in [5.41, 5.74) is 7.60. The molecule has 0 bridgehead atoms. The summed E-state index contributed by atoms with van der Waals surface area (Å²) < 4.78 is 0. The van der Waals surface area contributed by atoms with Crippen LogP contribution >= 0.6 is 0 Å². The fraction of sp³-hybridized carbons (Fsp3) is 0.310. The molecule has 0 N–H and O–H groups in total. The van der Waals surface area contributed by atoms with Gasteiger partial charge in [0.1, 0.15) is 0 Å². The normalized spacial score (nSPS) is 11.5. The Labute approximate surface area is 183 Å². The first-order chi connectivity index (χ1) is 14.4. The Bertz CT molecular complexity index is 960.